The van der Waals surface area contributed by atoms with Gasteiger partial charge in [-0.05, 0) is 64.1 Å². The number of nitrogens with zero attached hydrogens (tertiary/aromatic N) is 2. The highest BCUT2D eigenvalue weighted by atomic mass is 35.5. The Bertz CT molecular complexity index is 1700. The molecule has 1 aliphatic rings. The van der Waals surface area contributed by atoms with E-state index in [9.17, 15) is 18.0 Å². The van der Waals surface area contributed by atoms with Gasteiger partial charge < -0.3 is 18.8 Å². The molecule has 3 heterocycles. The Balaban J connectivity index is 1.52. The number of furan rings is 1. The monoisotopic (exact) mass is 558 g/mol. The summed E-state index contributed by atoms with van der Waals surface area (Å²) in [5.41, 5.74) is 0.974. The van der Waals surface area contributed by atoms with Gasteiger partial charge in [-0.2, -0.15) is 0 Å². The average Bonchev–Trinajstić information content (AvgIpc) is 3.44. The molecule has 11 heteroatoms. The summed E-state index contributed by atoms with van der Waals surface area (Å²) in [4.78, 5) is 26.5. The van der Waals surface area contributed by atoms with Crippen LogP contribution in [0.1, 0.15) is 39.0 Å². The lowest BCUT2D eigenvalue weighted by Crippen LogP contribution is -2.39. The van der Waals surface area contributed by atoms with Crippen molar-refractivity contribution in [3.63, 3.8) is 0 Å². The molecule has 0 spiro atoms. The molecule has 2 aromatic heterocycles. The number of carbonyl (C=O) groups is 2. The van der Waals surface area contributed by atoms with E-state index in [1.807, 2.05) is 0 Å². The highest BCUT2D eigenvalue weighted by Gasteiger charge is 2.31. The van der Waals surface area contributed by atoms with Crippen molar-refractivity contribution in [2.75, 3.05) is 13.2 Å². The zero-order valence-corrected chi connectivity index (χ0v) is 23.0. The standard InChI is InChI=1S/C27H27ClN2O7S/c1-5-35-26(32)30-11-8-16-12-17(6-7-22(16)30)38(33,34)18-13-19-20-15-29(25(31)37-27(2,3)4)10-9-23(20)36-24(19)21(28)14-18/h6-8,11-14H,5,9-10,15H2,1-4H3. The molecule has 0 bridgehead atoms. The van der Waals surface area contributed by atoms with E-state index in [1.165, 1.54) is 35.0 Å². The van der Waals surface area contributed by atoms with Crippen LogP contribution in [0.2, 0.25) is 5.02 Å². The SMILES string of the molecule is CCOC(=O)n1ccc2cc(S(=O)(=O)c3cc(Cl)c4oc5c(c4c3)CN(C(=O)OC(C)(C)C)CC5)ccc21. The van der Waals surface area contributed by atoms with Crippen LogP contribution in [0.15, 0.2) is 56.8 Å². The molecule has 0 atom stereocenters. The molecule has 200 valence electrons. The molecule has 0 saturated carbocycles. The van der Waals surface area contributed by atoms with Crippen molar-refractivity contribution in [2.24, 2.45) is 0 Å². The summed E-state index contributed by atoms with van der Waals surface area (Å²) in [7, 11) is -3.98. The van der Waals surface area contributed by atoms with E-state index in [0.717, 1.165) is 0 Å². The largest absolute Gasteiger partial charge is 0.459 e. The van der Waals surface area contributed by atoms with E-state index >= 15 is 0 Å². The van der Waals surface area contributed by atoms with Gasteiger partial charge >= 0.3 is 12.2 Å². The van der Waals surface area contributed by atoms with Gasteiger partial charge in [0.2, 0.25) is 9.84 Å². The fourth-order valence-corrected chi connectivity index (χ4v) is 6.20. The Morgan fingerprint density at radius 1 is 1.08 bits per heavy atom. The number of hydrogen-bond donors (Lipinski definition) is 0. The summed E-state index contributed by atoms with van der Waals surface area (Å²) < 4.78 is 45.2. The van der Waals surface area contributed by atoms with Crippen LogP contribution in [-0.4, -0.2) is 48.8 Å². The molecule has 2 aromatic carbocycles. The van der Waals surface area contributed by atoms with Crippen LogP contribution in [0.3, 0.4) is 0 Å². The van der Waals surface area contributed by atoms with Crippen molar-refractivity contribution in [3.05, 3.63) is 58.9 Å². The van der Waals surface area contributed by atoms with Gasteiger partial charge in [-0.1, -0.05) is 11.6 Å². The van der Waals surface area contributed by atoms with Crippen LogP contribution in [0.4, 0.5) is 9.59 Å². The van der Waals surface area contributed by atoms with E-state index in [-0.39, 0.29) is 28.0 Å². The number of aromatic nitrogens is 1. The number of fused-ring (bicyclic) bond motifs is 4. The van der Waals surface area contributed by atoms with Crippen LogP contribution in [-0.2, 0) is 32.3 Å². The van der Waals surface area contributed by atoms with E-state index in [4.69, 9.17) is 25.5 Å². The second-order valence-corrected chi connectivity index (χ2v) is 12.4. The molecule has 0 unspecified atom stereocenters. The van der Waals surface area contributed by atoms with E-state index in [0.29, 0.717) is 46.2 Å². The second-order valence-electron chi connectivity index (χ2n) is 10.0. The molecular weight excluding hydrogens is 532 g/mol. The summed E-state index contributed by atoms with van der Waals surface area (Å²) in [6.07, 6.45) is 1.00. The van der Waals surface area contributed by atoms with Crippen molar-refractivity contribution in [1.29, 1.82) is 0 Å². The topological polar surface area (TPSA) is 108 Å². The van der Waals surface area contributed by atoms with Crippen LogP contribution in [0, 0.1) is 0 Å². The predicted octanol–water partition coefficient (Wildman–Crippen LogP) is 6.17. The Morgan fingerprint density at radius 2 is 1.84 bits per heavy atom. The Morgan fingerprint density at radius 3 is 2.55 bits per heavy atom. The minimum atomic E-state index is -3.98. The highest BCUT2D eigenvalue weighted by Crippen LogP contribution is 2.38. The molecule has 0 saturated heterocycles. The molecule has 1 aliphatic heterocycles. The summed E-state index contributed by atoms with van der Waals surface area (Å²) in [5.74, 6) is 0.665. The van der Waals surface area contributed by atoms with Gasteiger partial charge in [0.1, 0.15) is 11.4 Å². The molecule has 9 nitrogen and oxygen atoms in total. The zero-order valence-electron chi connectivity index (χ0n) is 21.4. The van der Waals surface area contributed by atoms with Gasteiger partial charge in [-0.3, -0.25) is 4.57 Å². The maximum Gasteiger partial charge on any atom is 0.418 e. The van der Waals surface area contributed by atoms with Gasteiger partial charge in [-0.25, -0.2) is 18.0 Å². The number of ether oxygens (including phenoxy) is 2. The van der Waals surface area contributed by atoms with Crippen LogP contribution < -0.4 is 0 Å². The van der Waals surface area contributed by atoms with Crippen molar-refractivity contribution in [2.45, 2.75) is 56.1 Å². The van der Waals surface area contributed by atoms with Gasteiger partial charge in [0, 0.05) is 35.5 Å². The van der Waals surface area contributed by atoms with Gasteiger partial charge in [0.05, 0.1) is 33.5 Å². The normalized spacial score (nSPS) is 14.1. The Kier molecular flexibility index (Phi) is 6.43. The highest BCUT2D eigenvalue weighted by molar-refractivity contribution is 7.91. The molecule has 0 radical (unpaired) electrons. The number of amides is 1. The van der Waals surface area contributed by atoms with E-state index in [2.05, 4.69) is 0 Å². The first-order chi connectivity index (χ1) is 17.9. The van der Waals surface area contributed by atoms with Crippen molar-refractivity contribution >= 4 is 55.5 Å². The molecular formula is C27H27ClN2O7S. The van der Waals surface area contributed by atoms with Crippen LogP contribution in [0.25, 0.3) is 21.9 Å². The smallest absolute Gasteiger partial charge is 0.418 e. The molecule has 5 rings (SSSR count). The predicted molar refractivity (Wildman–Crippen MR) is 141 cm³/mol. The minimum absolute atomic E-state index is 0.00262. The number of halogens is 1. The quantitative estimate of drug-likeness (QED) is 0.296. The summed E-state index contributed by atoms with van der Waals surface area (Å²) in [6.45, 7) is 7.96. The van der Waals surface area contributed by atoms with Crippen molar-refractivity contribution in [3.8, 4) is 0 Å². The molecule has 0 aliphatic carbocycles. The zero-order chi connectivity index (χ0) is 27.4. The number of benzene rings is 2. The minimum Gasteiger partial charge on any atom is -0.459 e. The first-order valence-electron chi connectivity index (χ1n) is 12.1. The van der Waals surface area contributed by atoms with E-state index in [1.54, 1.807) is 44.7 Å². The number of hydrogen-bond acceptors (Lipinski definition) is 7. The van der Waals surface area contributed by atoms with Crippen LogP contribution >= 0.6 is 11.6 Å². The van der Waals surface area contributed by atoms with Gasteiger partial charge in [-0.15, -0.1) is 0 Å². The molecule has 0 fully saturated rings. The summed E-state index contributed by atoms with van der Waals surface area (Å²) in [5, 5.41) is 1.27. The van der Waals surface area contributed by atoms with Gasteiger partial charge in [0.25, 0.3) is 0 Å². The van der Waals surface area contributed by atoms with Crippen molar-refractivity contribution < 1.29 is 31.9 Å². The number of sulfone groups is 1. The maximum absolute atomic E-state index is 13.7. The van der Waals surface area contributed by atoms with Gasteiger partial charge in [0.15, 0.2) is 5.58 Å². The number of carbonyl (C=O) groups excluding carboxylic acids is 2. The lowest BCUT2D eigenvalue weighted by Gasteiger charge is -2.29. The third-order valence-corrected chi connectivity index (χ3v) is 8.27. The van der Waals surface area contributed by atoms with E-state index < -0.39 is 27.6 Å². The lowest BCUT2D eigenvalue weighted by atomic mass is 10.1. The van der Waals surface area contributed by atoms with Crippen LogP contribution in [0.5, 0.6) is 0 Å². The second kappa shape index (κ2) is 9.36. The first kappa shape index (κ1) is 26.1. The summed E-state index contributed by atoms with van der Waals surface area (Å²) in [6, 6.07) is 9.07. The maximum atomic E-state index is 13.7. The molecule has 1 amide bonds. The number of rotatable bonds is 3. The molecule has 38 heavy (non-hydrogen) atoms. The fourth-order valence-electron chi connectivity index (χ4n) is 4.53. The first-order valence-corrected chi connectivity index (χ1v) is 14.0. The Hall–Kier alpha value is -3.50. The Labute approximate surface area is 224 Å². The third kappa shape index (κ3) is 4.63. The third-order valence-electron chi connectivity index (χ3n) is 6.26. The molecule has 4 aromatic rings. The van der Waals surface area contributed by atoms with Crippen molar-refractivity contribution in [1.82, 2.24) is 9.47 Å². The fraction of sp³-hybridized carbons (Fsp3) is 0.333. The average molecular weight is 559 g/mol. The summed E-state index contributed by atoms with van der Waals surface area (Å²) >= 11 is 6.51. The molecule has 0 N–H and O–H groups in total. The lowest BCUT2D eigenvalue weighted by molar-refractivity contribution is 0.0220.